The minimum atomic E-state index is -3.55. The molecule has 3 aromatic carbocycles. The first-order valence-electron chi connectivity index (χ1n) is 13.3. The van der Waals surface area contributed by atoms with Gasteiger partial charge in [0.25, 0.3) is 5.91 Å². The Hall–Kier alpha value is -3.62. The predicted molar refractivity (Wildman–Crippen MR) is 156 cm³/mol. The van der Waals surface area contributed by atoms with Gasteiger partial charge in [0.05, 0.1) is 4.90 Å². The Labute approximate surface area is 229 Å². The van der Waals surface area contributed by atoms with E-state index in [0.717, 1.165) is 40.4 Å². The molecular formula is C31H35N3O4S. The second kappa shape index (κ2) is 10.9. The monoisotopic (exact) mass is 545 g/mol. The van der Waals surface area contributed by atoms with Gasteiger partial charge in [0.2, 0.25) is 0 Å². The summed E-state index contributed by atoms with van der Waals surface area (Å²) in [6.45, 7) is 7.57. The standard InChI is InChI=1S/C31H35N3O4S/c1-31(2,3)22-9-12-25(13-10-22)39(36,37)20-32-24-11-14-27-26(19-24)28(21-7-5-4-6-8-21)29(34-27)30(35)33-23-15-17-38-18-16-23/h4-14,19,23,32,34H,15-18,20H2,1-3H3,(H,33,35). The van der Waals surface area contributed by atoms with Gasteiger partial charge < -0.3 is 20.4 Å². The van der Waals surface area contributed by atoms with Gasteiger partial charge >= 0.3 is 0 Å². The summed E-state index contributed by atoms with van der Waals surface area (Å²) in [7, 11) is -3.55. The Morgan fingerprint density at radius 2 is 1.67 bits per heavy atom. The zero-order chi connectivity index (χ0) is 27.6. The van der Waals surface area contributed by atoms with Crippen molar-refractivity contribution in [3.63, 3.8) is 0 Å². The van der Waals surface area contributed by atoms with Crippen LogP contribution in [0.5, 0.6) is 0 Å². The molecule has 7 nitrogen and oxygen atoms in total. The fourth-order valence-electron chi connectivity index (χ4n) is 4.90. The van der Waals surface area contributed by atoms with Crippen molar-refractivity contribution in [2.45, 2.75) is 50.0 Å². The van der Waals surface area contributed by atoms with Gasteiger partial charge in [-0.15, -0.1) is 0 Å². The van der Waals surface area contributed by atoms with Crippen molar-refractivity contribution >= 4 is 32.3 Å². The van der Waals surface area contributed by atoms with E-state index in [1.165, 1.54) is 0 Å². The summed E-state index contributed by atoms with van der Waals surface area (Å²) in [6, 6.07) is 22.5. The zero-order valence-corrected chi connectivity index (χ0v) is 23.4. The highest BCUT2D eigenvalue weighted by molar-refractivity contribution is 7.91. The van der Waals surface area contributed by atoms with E-state index in [0.29, 0.717) is 24.6 Å². The van der Waals surface area contributed by atoms with Crippen molar-refractivity contribution in [3.05, 3.63) is 84.1 Å². The molecule has 0 bridgehead atoms. The minimum Gasteiger partial charge on any atom is -0.381 e. The number of amides is 1. The molecule has 1 aliphatic rings. The molecule has 0 aliphatic carbocycles. The average Bonchev–Trinajstić information content (AvgIpc) is 3.32. The highest BCUT2D eigenvalue weighted by atomic mass is 32.2. The van der Waals surface area contributed by atoms with E-state index in [1.54, 1.807) is 12.1 Å². The van der Waals surface area contributed by atoms with E-state index in [4.69, 9.17) is 4.74 Å². The fourth-order valence-corrected chi connectivity index (χ4v) is 5.97. The van der Waals surface area contributed by atoms with Crippen LogP contribution in [0.1, 0.15) is 49.7 Å². The molecule has 3 N–H and O–H groups in total. The normalized spacial score (nSPS) is 14.8. The first kappa shape index (κ1) is 27.0. The Bertz CT molecular complexity index is 1560. The molecule has 4 aromatic rings. The summed E-state index contributed by atoms with van der Waals surface area (Å²) in [5, 5.41) is 7.08. The minimum absolute atomic E-state index is 0.0520. The number of hydrogen-bond acceptors (Lipinski definition) is 5. The molecule has 204 valence electrons. The van der Waals surface area contributed by atoms with Crippen LogP contribution in [-0.2, 0) is 20.0 Å². The number of hydrogen-bond donors (Lipinski definition) is 3. The van der Waals surface area contributed by atoms with Gasteiger partial charge in [-0.2, -0.15) is 0 Å². The highest BCUT2D eigenvalue weighted by Gasteiger charge is 2.23. The smallest absolute Gasteiger partial charge is 0.268 e. The van der Waals surface area contributed by atoms with E-state index in [9.17, 15) is 13.2 Å². The number of nitrogens with one attached hydrogen (secondary N) is 3. The maximum atomic E-state index is 13.4. The van der Waals surface area contributed by atoms with Gasteiger partial charge in [-0.3, -0.25) is 4.79 Å². The van der Waals surface area contributed by atoms with Crippen molar-refractivity contribution in [1.29, 1.82) is 0 Å². The molecule has 0 atom stereocenters. The summed E-state index contributed by atoms with van der Waals surface area (Å²) in [5.41, 5.74) is 4.68. The van der Waals surface area contributed by atoms with Gasteiger partial charge in [-0.25, -0.2) is 8.42 Å². The summed E-state index contributed by atoms with van der Waals surface area (Å²) in [6.07, 6.45) is 1.57. The van der Waals surface area contributed by atoms with Crippen LogP contribution in [0.3, 0.4) is 0 Å². The van der Waals surface area contributed by atoms with Crippen LogP contribution in [0, 0.1) is 0 Å². The fraction of sp³-hybridized carbons (Fsp3) is 0.323. The van der Waals surface area contributed by atoms with Crippen molar-refractivity contribution < 1.29 is 17.9 Å². The number of H-pyrrole nitrogens is 1. The van der Waals surface area contributed by atoms with Gasteiger partial charge in [0.1, 0.15) is 11.6 Å². The molecule has 0 radical (unpaired) electrons. The molecule has 8 heteroatoms. The Morgan fingerprint density at radius 3 is 2.33 bits per heavy atom. The molecule has 1 fully saturated rings. The van der Waals surface area contributed by atoms with Crippen molar-refractivity contribution in [2.24, 2.45) is 0 Å². The maximum Gasteiger partial charge on any atom is 0.268 e. The molecule has 1 aliphatic heterocycles. The molecule has 39 heavy (non-hydrogen) atoms. The summed E-state index contributed by atoms with van der Waals surface area (Å²) < 4.78 is 31.6. The Kier molecular flexibility index (Phi) is 7.51. The molecule has 5 rings (SSSR count). The molecule has 1 saturated heterocycles. The molecule has 0 spiro atoms. The summed E-state index contributed by atoms with van der Waals surface area (Å²) in [5.74, 6) is -0.400. The van der Waals surface area contributed by atoms with Crippen LogP contribution in [-0.4, -0.2) is 44.4 Å². The lowest BCUT2D eigenvalue weighted by Crippen LogP contribution is -2.39. The first-order valence-corrected chi connectivity index (χ1v) is 14.9. The van der Waals surface area contributed by atoms with E-state index in [2.05, 4.69) is 36.4 Å². The lowest BCUT2D eigenvalue weighted by molar-refractivity contribution is 0.0695. The third-order valence-corrected chi connectivity index (χ3v) is 8.71. The molecule has 2 heterocycles. The quantitative estimate of drug-likeness (QED) is 0.269. The van der Waals surface area contributed by atoms with Crippen molar-refractivity contribution in [2.75, 3.05) is 24.4 Å². The number of rotatable bonds is 7. The third-order valence-electron chi connectivity index (χ3n) is 7.19. The van der Waals surface area contributed by atoms with Gasteiger partial charge in [0.15, 0.2) is 9.84 Å². The van der Waals surface area contributed by atoms with Crippen LogP contribution in [0.2, 0.25) is 0 Å². The predicted octanol–water partition coefficient (Wildman–Crippen LogP) is 5.88. The average molecular weight is 546 g/mol. The van der Waals surface area contributed by atoms with E-state index in [-0.39, 0.29) is 28.1 Å². The van der Waals surface area contributed by atoms with Crippen molar-refractivity contribution in [3.8, 4) is 11.1 Å². The molecule has 0 unspecified atom stereocenters. The van der Waals surface area contributed by atoms with Gasteiger partial charge in [0, 0.05) is 41.4 Å². The van der Waals surface area contributed by atoms with E-state index < -0.39 is 9.84 Å². The molecule has 0 saturated carbocycles. The second-order valence-electron chi connectivity index (χ2n) is 11.1. The number of carbonyl (C=O) groups excluding carboxylic acids is 1. The number of aromatic amines is 1. The second-order valence-corrected chi connectivity index (χ2v) is 13.1. The lowest BCUT2D eigenvalue weighted by atomic mass is 9.87. The Morgan fingerprint density at radius 1 is 0.974 bits per heavy atom. The van der Waals surface area contributed by atoms with E-state index in [1.807, 2.05) is 60.7 Å². The van der Waals surface area contributed by atoms with Crippen LogP contribution >= 0.6 is 0 Å². The maximum absolute atomic E-state index is 13.4. The van der Waals surface area contributed by atoms with Crippen molar-refractivity contribution in [1.82, 2.24) is 10.3 Å². The van der Waals surface area contributed by atoms with Gasteiger partial charge in [-0.05, 0) is 59.7 Å². The van der Waals surface area contributed by atoms with Crippen LogP contribution < -0.4 is 10.6 Å². The zero-order valence-electron chi connectivity index (χ0n) is 22.6. The van der Waals surface area contributed by atoms with Crippen LogP contribution in [0.4, 0.5) is 5.69 Å². The first-order chi connectivity index (χ1) is 18.6. The highest BCUT2D eigenvalue weighted by Crippen LogP contribution is 2.34. The topological polar surface area (TPSA) is 100 Å². The molecule has 1 amide bonds. The van der Waals surface area contributed by atoms with Gasteiger partial charge in [-0.1, -0.05) is 63.2 Å². The Balaban J connectivity index is 1.42. The van der Waals surface area contributed by atoms with Crippen LogP contribution in [0.25, 0.3) is 22.0 Å². The number of carbonyl (C=O) groups is 1. The lowest BCUT2D eigenvalue weighted by Gasteiger charge is -2.23. The molecular weight excluding hydrogens is 510 g/mol. The largest absolute Gasteiger partial charge is 0.381 e. The SMILES string of the molecule is CC(C)(C)c1ccc(S(=O)(=O)CNc2ccc3[nH]c(C(=O)NC4CCOCC4)c(-c4ccccc4)c3c2)cc1. The number of sulfone groups is 1. The summed E-state index contributed by atoms with van der Waals surface area (Å²) in [4.78, 5) is 17.0. The number of fused-ring (bicyclic) bond motifs is 1. The summed E-state index contributed by atoms with van der Waals surface area (Å²) >= 11 is 0. The number of aromatic nitrogens is 1. The van der Waals surface area contributed by atoms with Crippen LogP contribution in [0.15, 0.2) is 77.7 Å². The number of benzene rings is 3. The van der Waals surface area contributed by atoms with E-state index >= 15 is 0 Å². The molecule has 1 aromatic heterocycles. The number of anilines is 1. The number of ether oxygens (including phenoxy) is 1. The third kappa shape index (κ3) is 6.02.